The first-order valence-corrected chi connectivity index (χ1v) is 6.50. The largest absolute Gasteiger partial charge is 0.331 e. The molecule has 0 saturated heterocycles. The van der Waals surface area contributed by atoms with Gasteiger partial charge in [0.15, 0.2) is 0 Å². The van der Waals surface area contributed by atoms with Gasteiger partial charge in [-0.05, 0) is 12.1 Å². The Labute approximate surface area is 145 Å². The minimum atomic E-state index is -2.85. The van der Waals surface area contributed by atoms with E-state index in [2.05, 4.69) is 9.97 Å². The van der Waals surface area contributed by atoms with Crippen LogP contribution in [0.3, 0.4) is 0 Å². The molecule has 0 atom stereocenters. The first kappa shape index (κ1) is 19.1. The van der Waals surface area contributed by atoms with Crippen LogP contribution in [0.5, 0.6) is 0 Å². The van der Waals surface area contributed by atoms with Crippen molar-refractivity contribution in [2.45, 2.75) is 19.4 Å². The lowest BCUT2D eigenvalue weighted by Gasteiger charge is -2.12. The van der Waals surface area contributed by atoms with Crippen molar-refractivity contribution in [2.75, 3.05) is 0 Å². The predicted octanol–water partition coefficient (Wildman–Crippen LogP) is 4.07. The summed E-state index contributed by atoms with van der Waals surface area (Å²) in [5, 5.41) is 0. The topological polar surface area (TPSA) is 35.6 Å². The minimum absolute atomic E-state index is 0. The summed E-state index contributed by atoms with van der Waals surface area (Å²) in [6.07, 6.45) is 8.70. The van der Waals surface area contributed by atoms with E-state index in [-0.39, 0.29) is 30.4 Å². The first-order chi connectivity index (χ1) is 10.0. The van der Waals surface area contributed by atoms with E-state index < -0.39 is 5.92 Å². The third kappa shape index (κ3) is 4.53. The Balaban J connectivity index is 0.00000132. The average molecular weight is 361 g/mol. The highest BCUT2D eigenvalue weighted by atomic mass is 35.5. The zero-order chi connectivity index (χ0) is 14.9. The molecule has 0 amide bonds. The summed E-state index contributed by atoms with van der Waals surface area (Å²) < 4.78 is 30.4. The lowest BCUT2D eigenvalue weighted by molar-refractivity contribution is 0.0174. The highest BCUT2D eigenvalue weighted by Crippen LogP contribution is 2.28. The Hall–Kier alpha value is -1.92. The first-order valence-electron chi connectivity index (χ1n) is 6.50. The van der Waals surface area contributed by atoms with E-state index in [9.17, 15) is 8.78 Å². The fourth-order valence-corrected chi connectivity index (χ4v) is 2.09. The molecule has 0 radical (unpaired) electrons. The number of aromatic nitrogens is 4. The molecule has 0 aliphatic carbocycles. The van der Waals surface area contributed by atoms with Crippen molar-refractivity contribution in [2.24, 2.45) is 0 Å². The van der Waals surface area contributed by atoms with Gasteiger partial charge in [0, 0.05) is 36.8 Å². The van der Waals surface area contributed by atoms with E-state index in [0.717, 1.165) is 12.6 Å². The van der Waals surface area contributed by atoms with Crippen LogP contribution in [0, 0.1) is 0 Å². The van der Waals surface area contributed by atoms with Crippen LogP contribution in [0.2, 0.25) is 0 Å². The van der Waals surface area contributed by atoms with Gasteiger partial charge in [0.1, 0.15) is 0 Å². The van der Waals surface area contributed by atoms with Crippen LogP contribution in [0.1, 0.15) is 18.2 Å². The van der Waals surface area contributed by atoms with E-state index >= 15 is 0 Å². The Morgan fingerprint density at radius 1 is 1.17 bits per heavy atom. The van der Waals surface area contributed by atoms with E-state index in [1.54, 1.807) is 35.6 Å². The molecule has 2 heterocycles. The summed E-state index contributed by atoms with van der Waals surface area (Å²) in [5.41, 5.74) is 1.49. The molecule has 0 aliphatic heterocycles. The van der Waals surface area contributed by atoms with Crippen molar-refractivity contribution in [3.05, 3.63) is 66.8 Å². The van der Waals surface area contributed by atoms with Crippen molar-refractivity contribution >= 4 is 24.8 Å². The molecule has 23 heavy (non-hydrogen) atoms. The standard InChI is InChI=1S/C15H14F2N4.2ClH/c1-15(16,17)12-3-2-4-14(7-12)21-9-13(19-11-21)8-20-6-5-18-10-20;;/h2-7,9-11H,8H2,1H3;2*1H. The van der Waals surface area contributed by atoms with Gasteiger partial charge in [-0.2, -0.15) is 0 Å². The van der Waals surface area contributed by atoms with Crippen molar-refractivity contribution in [1.82, 2.24) is 19.1 Å². The van der Waals surface area contributed by atoms with Crippen LogP contribution < -0.4 is 0 Å². The van der Waals surface area contributed by atoms with Gasteiger partial charge in [-0.15, -0.1) is 24.8 Å². The number of alkyl halides is 2. The number of benzene rings is 1. The molecule has 0 fully saturated rings. The molecule has 0 N–H and O–H groups in total. The molecule has 3 aromatic rings. The number of imidazole rings is 2. The maximum Gasteiger partial charge on any atom is 0.270 e. The number of halogens is 4. The summed E-state index contributed by atoms with van der Waals surface area (Å²) in [5.74, 6) is -2.85. The van der Waals surface area contributed by atoms with E-state index in [1.807, 2.05) is 17.0 Å². The fourth-order valence-electron chi connectivity index (χ4n) is 2.09. The second-order valence-electron chi connectivity index (χ2n) is 4.95. The van der Waals surface area contributed by atoms with E-state index in [0.29, 0.717) is 12.2 Å². The highest BCUT2D eigenvalue weighted by molar-refractivity contribution is 5.85. The van der Waals surface area contributed by atoms with Crippen molar-refractivity contribution in [3.63, 3.8) is 0 Å². The zero-order valence-electron chi connectivity index (χ0n) is 12.3. The summed E-state index contributed by atoms with van der Waals surface area (Å²) in [4.78, 5) is 8.25. The van der Waals surface area contributed by atoms with Gasteiger partial charge < -0.3 is 9.13 Å². The predicted molar refractivity (Wildman–Crippen MR) is 89.0 cm³/mol. The summed E-state index contributed by atoms with van der Waals surface area (Å²) >= 11 is 0. The third-order valence-corrected chi connectivity index (χ3v) is 3.19. The van der Waals surface area contributed by atoms with Gasteiger partial charge in [-0.1, -0.05) is 12.1 Å². The van der Waals surface area contributed by atoms with Gasteiger partial charge in [0.2, 0.25) is 0 Å². The lowest BCUT2D eigenvalue weighted by Crippen LogP contribution is -2.07. The van der Waals surface area contributed by atoms with Gasteiger partial charge >= 0.3 is 0 Å². The smallest absolute Gasteiger partial charge is 0.270 e. The molecule has 1 aromatic carbocycles. The Bertz CT molecular complexity index is 736. The molecule has 0 saturated carbocycles. The Morgan fingerprint density at radius 3 is 2.61 bits per heavy atom. The maximum absolute atomic E-state index is 13.4. The van der Waals surface area contributed by atoms with E-state index in [1.165, 1.54) is 12.1 Å². The molecular weight excluding hydrogens is 345 g/mol. The molecule has 8 heteroatoms. The summed E-state index contributed by atoms with van der Waals surface area (Å²) in [6, 6.07) is 6.30. The maximum atomic E-state index is 13.4. The Morgan fingerprint density at radius 2 is 1.96 bits per heavy atom. The summed E-state index contributed by atoms with van der Waals surface area (Å²) in [6.45, 7) is 1.49. The number of nitrogens with zero attached hydrogens (tertiary/aromatic N) is 4. The quantitative estimate of drug-likeness (QED) is 0.702. The van der Waals surface area contributed by atoms with Gasteiger partial charge in [0.05, 0.1) is 24.9 Å². The van der Waals surface area contributed by atoms with Crippen LogP contribution >= 0.6 is 24.8 Å². The van der Waals surface area contributed by atoms with Gasteiger partial charge in [-0.25, -0.2) is 18.7 Å². The van der Waals surface area contributed by atoms with Crippen LogP contribution in [0.4, 0.5) is 8.78 Å². The molecule has 2 aromatic heterocycles. The molecule has 4 nitrogen and oxygen atoms in total. The zero-order valence-corrected chi connectivity index (χ0v) is 13.9. The average Bonchev–Trinajstić information content (AvgIpc) is 3.10. The highest BCUT2D eigenvalue weighted by Gasteiger charge is 2.24. The molecule has 124 valence electrons. The van der Waals surface area contributed by atoms with Crippen LogP contribution in [-0.4, -0.2) is 19.1 Å². The Kier molecular flexibility index (Phi) is 6.29. The van der Waals surface area contributed by atoms with Gasteiger partial charge in [0.25, 0.3) is 5.92 Å². The van der Waals surface area contributed by atoms with Crippen LogP contribution in [0.15, 0.2) is 55.5 Å². The number of hydrogen-bond donors (Lipinski definition) is 0. The van der Waals surface area contributed by atoms with Gasteiger partial charge in [-0.3, -0.25) is 0 Å². The SMILES string of the molecule is CC(F)(F)c1cccc(-n2cnc(Cn3ccnc3)c2)c1.Cl.Cl. The summed E-state index contributed by atoms with van der Waals surface area (Å²) in [7, 11) is 0. The monoisotopic (exact) mass is 360 g/mol. The molecule has 0 spiro atoms. The molecular formula is C15H16Cl2F2N4. The minimum Gasteiger partial charge on any atom is -0.331 e. The van der Waals surface area contributed by atoms with Crippen LogP contribution in [-0.2, 0) is 12.5 Å². The van der Waals surface area contributed by atoms with Crippen LogP contribution in [0.25, 0.3) is 5.69 Å². The second-order valence-corrected chi connectivity index (χ2v) is 4.95. The molecule has 0 unspecified atom stereocenters. The third-order valence-electron chi connectivity index (χ3n) is 3.19. The van der Waals surface area contributed by atoms with Crippen molar-refractivity contribution < 1.29 is 8.78 Å². The molecule has 3 rings (SSSR count). The second kappa shape index (κ2) is 7.57. The number of hydrogen-bond acceptors (Lipinski definition) is 2. The van der Waals surface area contributed by atoms with Crippen molar-refractivity contribution in [3.8, 4) is 5.69 Å². The fraction of sp³-hybridized carbons (Fsp3) is 0.200. The molecule has 0 aliphatic rings. The number of rotatable bonds is 4. The molecule has 0 bridgehead atoms. The van der Waals surface area contributed by atoms with Crippen molar-refractivity contribution in [1.29, 1.82) is 0 Å². The normalized spacial score (nSPS) is 10.7. The lowest BCUT2D eigenvalue weighted by atomic mass is 10.1. The van der Waals surface area contributed by atoms with E-state index in [4.69, 9.17) is 0 Å².